The summed E-state index contributed by atoms with van der Waals surface area (Å²) in [6.07, 6.45) is 2.95. The maximum atomic E-state index is 12.3. The Kier molecular flexibility index (Phi) is 3.50. The predicted molar refractivity (Wildman–Crippen MR) is 61.9 cm³/mol. The Balaban J connectivity index is 1.98. The van der Waals surface area contributed by atoms with Gasteiger partial charge >= 0.3 is 0 Å². The number of nitrogens with zero attached hydrogens (tertiary/aromatic N) is 1. The molecule has 1 amide bonds. The average Bonchev–Trinajstić information content (AvgIpc) is 2.68. The largest absolute Gasteiger partial charge is 0.375 e. The van der Waals surface area contributed by atoms with Gasteiger partial charge < -0.3 is 15.4 Å². The number of amides is 1. The molecule has 0 aromatic rings. The first-order valence-electron chi connectivity index (χ1n) is 6.27. The fraction of sp³-hybridized carbons (Fsp3) is 0.917. The van der Waals surface area contributed by atoms with Crippen LogP contribution in [0.15, 0.2) is 0 Å². The molecule has 4 heteroatoms. The molecule has 0 unspecified atom stereocenters. The first-order chi connectivity index (χ1) is 7.59. The van der Waals surface area contributed by atoms with Crippen LogP contribution in [-0.4, -0.2) is 42.1 Å². The second-order valence-electron chi connectivity index (χ2n) is 5.12. The summed E-state index contributed by atoms with van der Waals surface area (Å²) in [6.45, 7) is 5.49. The lowest BCUT2D eigenvalue weighted by Crippen LogP contribution is -2.52. The minimum absolute atomic E-state index is 0.146. The van der Waals surface area contributed by atoms with Crippen LogP contribution in [-0.2, 0) is 9.53 Å². The zero-order valence-electron chi connectivity index (χ0n) is 10.2. The molecule has 0 radical (unpaired) electrons. The Morgan fingerprint density at radius 2 is 2.12 bits per heavy atom. The molecule has 2 aliphatic rings. The quantitative estimate of drug-likeness (QED) is 0.718. The smallest absolute Gasteiger partial charge is 0.226 e. The van der Waals surface area contributed by atoms with Crippen LogP contribution in [0, 0.1) is 5.92 Å². The van der Waals surface area contributed by atoms with Gasteiger partial charge in [0.15, 0.2) is 0 Å². The molecular formula is C12H22N2O2. The minimum Gasteiger partial charge on any atom is -0.375 e. The summed E-state index contributed by atoms with van der Waals surface area (Å²) in [5.74, 6) is 0.443. The number of rotatable bonds is 1. The molecule has 2 N–H and O–H groups in total. The van der Waals surface area contributed by atoms with Crippen LogP contribution in [0.3, 0.4) is 0 Å². The van der Waals surface area contributed by atoms with Gasteiger partial charge in [0.1, 0.15) is 0 Å². The van der Waals surface area contributed by atoms with E-state index in [9.17, 15) is 4.79 Å². The number of morpholine rings is 1. The molecule has 4 nitrogen and oxygen atoms in total. The Morgan fingerprint density at radius 3 is 2.75 bits per heavy atom. The first kappa shape index (κ1) is 11.9. The molecule has 4 atom stereocenters. The molecule has 2 rings (SSSR count). The Bertz CT molecular complexity index is 270. The van der Waals surface area contributed by atoms with Crippen molar-refractivity contribution in [3.05, 3.63) is 0 Å². The van der Waals surface area contributed by atoms with Gasteiger partial charge in [-0.1, -0.05) is 0 Å². The van der Waals surface area contributed by atoms with Gasteiger partial charge in [-0.25, -0.2) is 0 Å². The molecule has 1 aliphatic heterocycles. The summed E-state index contributed by atoms with van der Waals surface area (Å²) in [5, 5.41) is 0. The highest BCUT2D eigenvalue weighted by atomic mass is 16.5. The molecule has 1 aliphatic carbocycles. The summed E-state index contributed by atoms with van der Waals surface area (Å²) in [6, 6.07) is 0.417. The Morgan fingerprint density at radius 1 is 1.38 bits per heavy atom. The van der Waals surface area contributed by atoms with Crippen molar-refractivity contribution >= 4 is 5.91 Å². The van der Waals surface area contributed by atoms with E-state index in [-0.39, 0.29) is 30.0 Å². The van der Waals surface area contributed by atoms with E-state index in [4.69, 9.17) is 10.5 Å². The van der Waals surface area contributed by atoms with Crippen LogP contribution >= 0.6 is 0 Å². The highest BCUT2D eigenvalue weighted by Crippen LogP contribution is 2.28. The van der Waals surface area contributed by atoms with Gasteiger partial charge in [-0.05, 0) is 33.1 Å². The number of nitrogens with two attached hydrogens (primary N) is 1. The molecule has 0 spiro atoms. The highest BCUT2D eigenvalue weighted by molar-refractivity contribution is 5.79. The zero-order valence-corrected chi connectivity index (χ0v) is 10.2. The minimum atomic E-state index is 0.146. The molecule has 1 heterocycles. The Hall–Kier alpha value is -0.610. The number of ether oxygens (including phenoxy) is 1. The molecule has 16 heavy (non-hydrogen) atoms. The molecule has 0 bridgehead atoms. The van der Waals surface area contributed by atoms with Crippen LogP contribution in [0.5, 0.6) is 0 Å². The molecular weight excluding hydrogens is 204 g/mol. The topological polar surface area (TPSA) is 55.6 Å². The van der Waals surface area contributed by atoms with E-state index >= 15 is 0 Å². The number of hydrogen-bond donors (Lipinski definition) is 1. The van der Waals surface area contributed by atoms with Crippen molar-refractivity contribution in [1.29, 1.82) is 0 Å². The molecule has 1 saturated heterocycles. The van der Waals surface area contributed by atoms with Crippen molar-refractivity contribution in [2.24, 2.45) is 11.7 Å². The van der Waals surface area contributed by atoms with Crippen molar-refractivity contribution in [3.8, 4) is 0 Å². The van der Waals surface area contributed by atoms with E-state index in [2.05, 4.69) is 6.92 Å². The lowest BCUT2D eigenvalue weighted by molar-refractivity contribution is -0.148. The van der Waals surface area contributed by atoms with Crippen molar-refractivity contribution < 1.29 is 9.53 Å². The summed E-state index contributed by atoms with van der Waals surface area (Å²) >= 11 is 0. The van der Waals surface area contributed by atoms with Crippen molar-refractivity contribution in [3.63, 3.8) is 0 Å². The SMILES string of the molecule is C[C@@H]1OCCN(C(=O)[C@@H]2CC[C@@H](N)C2)[C@@H]1C. The lowest BCUT2D eigenvalue weighted by atomic mass is 10.0. The summed E-state index contributed by atoms with van der Waals surface area (Å²) in [4.78, 5) is 14.3. The van der Waals surface area contributed by atoms with Crippen LogP contribution in [0.1, 0.15) is 33.1 Å². The van der Waals surface area contributed by atoms with Gasteiger partial charge in [0.25, 0.3) is 0 Å². The summed E-state index contributed by atoms with van der Waals surface area (Å²) < 4.78 is 5.54. The van der Waals surface area contributed by atoms with Gasteiger partial charge in [-0.3, -0.25) is 4.79 Å². The molecule has 0 aromatic heterocycles. The molecule has 1 saturated carbocycles. The zero-order chi connectivity index (χ0) is 11.7. The van der Waals surface area contributed by atoms with E-state index in [0.29, 0.717) is 6.61 Å². The second-order valence-corrected chi connectivity index (χ2v) is 5.12. The third kappa shape index (κ3) is 2.23. The average molecular weight is 226 g/mol. The van der Waals surface area contributed by atoms with Crippen LogP contribution in [0.4, 0.5) is 0 Å². The van der Waals surface area contributed by atoms with Crippen molar-refractivity contribution in [1.82, 2.24) is 4.90 Å². The van der Waals surface area contributed by atoms with Crippen LogP contribution in [0.2, 0.25) is 0 Å². The second kappa shape index (κ2) is 4.72. The molecule has 92 valence electrons. The number of carbonyl (C=O) groups excluding carboxylic acids is 1. The standard InChI is InChI=1S/C12H22N2O2/c1-8-9(2)16-6-5-14(8)12(15)10-3-4-11(13)7-10/h8-11H,3-7,13H2,1-2H3/t8-,9+,10-,11-/m1/s1. The summed E-state index contributed by atoms with van der Waals surface area (Å²) in [7, 11) is 0. The van der Waals surface area contributed by atoms with E-state index < -0.39 is 0 Å². The summed E-state index contributed by atoms with van der Waals surface area (Å²) in [5.41, 5.74) is 5.86. The van der Waals surface area contributed by atoms with E-state index in [0.717, 1.165) is 25.8 Å². The van der Waals surface area contributed by atoms with E-state index in [1.807, 2.05) is 11.8 Å². The van der Waals surface area contributed by atoms with Crippen LogP contribution in [0.25, 0.3) is 0 Å². The van der Waals surface area contributed by atoms with Crippen molar-refractivity contribution in [2.75, 3.05) is 13.2 Å². The van der Waals surface area contributed by atoms with Crippen LogP contribution < -0.4 is 5.73 Å². The van der Waals surface area contributed by atoms with Gasteiger partial charge in [0.05, 0.1) is 18.8 Å². The molecule has 2 fully saturated rings. The first-order valence-corrected chi connectivity index (χ1v) is 6.27. The van der Waals surface area contributed by atoms with E-state index in [1.165, 1.54) is 0 Å². The maximum Gasteiger partial charge on any atom is 0.226 e. The number of carbonyl (C=O) groups is 1. The van der Waals surface area contributed by atoms with E-state index in [1.54, 1.807) is 0 Å². The van der Waals surface area contributed by atoms with Gasteiger partial charge in [0, 0.05) is 18.5 Å². The highest BCUT2D eigenvalue weighted by Gasteiger charge is 2.35. The predicted octanol–water partition coefficient (Wildman–Crippen LogP) is 0.750. The maximum absolute atomic E-state index is 12.3. The number of hydrogen-bond acceptors (Lipinski definition) is 3. The van der Waals surface area contributed by atoms with Gasteiger partial charge in [-0.2, -0.15) is 0 Å². The van der Waals surface area contributed by atoms with Gasteiger partial charge in [0.2, 0.25) is 5.91 Å². The van der Waals surface area contributed by atoms with Gasteiger partial charge in [-0.15, -0.1) is 0 Å². The fourth-order valence-corrected chi connectivity index (χ4v) is 2.72. The normalized spacial score (nSPS) is 40.1. The third-order valence-corrected chi connectivity index (χ3v) is 3.99. The Labute approximate surface area is 97.1 Å². The third-order valence-electron chi connectivity index (χ3n) is 3.99. The lowest BCUT2D eigenvalue weighted by Gasteiger charge is -2.39. The molecule has 0 aromatic carbocycles. The fourth-order valence-electron chi connectivity index (χ4n) is 2.72. The van der Waals surface area contributed by atoms with Crippen molar-refractivity contribution in [2.45, 2.75) is 51.3 Å². The monoisotopic (exact) mass is 226 g/mol.